The summed E-state index contributed by atoms with van der Waals surface area (Å²) in [5.74, 6) is 0.514. The van der Waals surface area contributed by atoms with E-state index in [1.165, 1.54) is 12.1 Å². The number of hydrogen-bond donors (Lipinski definition) is 0. The van der Waals surface area contributed by atoms with Crippen LogP contribution in [0, 0.1) is 5.82 Å². The van der Waals surface area contributed by atoms with Crippen LogP contribution in [0.4, 0.5) is 4.39 Å². The molecule has 4 heteroatoms. The molecule has 0 aliphatic carbocycles. The Morgan fingerprint density at radius 3 is 2.80 bits per heavy atom. The van der Waals surface area contributed by atoms with Gasteiger partial charge in [0.1, 0.15) is 11.6 Å². The van der Waals surface area contributed by atoms with Crippen LogP contribution in [0.5, 0.6) is 0 Å². The predicted octanol–water partition coefficient (Wildman–Crippen LogP) is 3.71. The standard InChI is InChI=1S/C16H10FN3/c17-14-2-1-12-9-19-16(8-13(12)7-14)20-6-4-11-3-5-18-10-15(11)20/h1-10H/i17-1. The molecule has 0 fully saturated rings. The zero-order valence-electron chi connectivity index (χ0n) is 10.5. The molecule has 0 N–H and O–H groups in total. The molecule has 0 radical (unpaired) electrons. The van der Waals surface area contributed by atoms with Crippen molar-refractivity contribution in [2.45, 2.75) is 0 Å². The number of nitrogens with zero attached hydrogens (tertiary/aromatic N) is 3. The monoisotopic (exact) mass is 262 g/mol. The first-order valence-corrected chi connectivity index (χ1v) is 6.28. The van der Waals surface area contributed by atoms with Crippen molar-refractivity contribution in [3.8, 4) is 5.82 Å². The van der Waals surface area contributed by atoms with Crippen molar-refractivity contribution in [3.63, 3.8) is 0 Å². The summed E-state index contributed by atoms with van der Waals surface area (Å²) in [6.45, 7) is 0. The quantitative estimate of drug-likeness (QED) is 0.523. The molecule has 3 aromatic heterocycles. The van der Waals surface area contributed by atoms with Gasteiger partial charge in [0.2, 0.25) is 0 Å². The van der Waals surface area contributed by atoms with Crippen molar-refractivity contribution in [3.05, 3.63) is 67.0 Å². The van der Waals surface area contributed by atoms with Gasteiger partial charge in [-0.1, -0.05) is 0 Å². The largest absolute Gasteiger partial charge is 0.300 e. The van der Waals surface area contributed by atoms with E-state index in [4.69, 9.17) is 0 Å². The van der Waals surface area contributed by atoms with Gasteiger partial charge in [0.25, 0.3) is 0 Å². The number of pyridine rings is 2. The van der Waals surface area contributed by atoms with Crippen LogP contribution < -0.4 is 0 Å². The number of hydrogen-bond acceptors (Lipinski definition) is 2. The van der Waals surface area contributed by atoms with E-state index >= 15 is 0 Å². The molecule has 3 heterocycles. The molecule has 0 spiro atoms. The molecule has 0 saturated carbocycles. The minimum Gasteiger partial charge on any atom is -0.300 e. The Bertz CT molecular complexity index is 927. The smallest absolute Gasteiger partial charge is 0.137 e. The van der Waals surface area contributed by atoms with Gasteiger partial charge in [0.15, 0.2) is 0 Å². The maximum absolute atomic E-state index is 13.3. The summed E-state index contributed by atoms with van der Waals surface area (Å²) in [5, 5.41) is 2.85. The highest BCUT2D eigenvalue weighted by Crippen LogP contribution is 2.21. The zero-order valence-corrected chi connectivity index (χ0v) is 10.5. The lowest BCUT2D eigenvalue weighted by atomic mass is 10.2. The highest BCUT2D eigenvalue weighted by molar-refractivity contribution is 5.85. The van der Waals surface area contributed by atoms with Crippen LogP contribution in [0.1, 0.15) is 0 Å². The van der Waals surface area contributed by atoms with Crippen molar-refractivity contribution < 1.29 is 4.39 Å². The van der Waals surface area contributed by atoms with Crippen LogP contribution in [-0.4, -0.2) is 14.5 Å². The molecule has 20 heavy (non-hydrogen) atoms. The van der Waals surface area contributed by atoms with Crippen molar-refractivity contribution in [1.82, 2.24) is 14.5 Å². The molecule has 1 aromatic carbocycles. The molecular weight excluding hydrogens is 252 g/mol. The molecule has 0 unspecified atom stereocenters. The lowest BCUT2D eigenvalue weighted by Crippen LogP contribution is -1.95. The number of fused-ring (bicyclic) bond motifs is 2. The normalized spacial score (nSPS) is 11.2. The third kappa shape index (κ3) is 1.66. The third-order valence-electron chi connectivity index (χ3n) is 3.41. The number of rotatable bonds is 1. The second-order valence-electron chi connectivity index (χ2n) is 4.65. The summed E-state index contributed by atoms with van der Waals surface area (Å²) in [5.41, 5.74) is 0.982. The average Bonchev–Trinajstić information content (AvgIpc) is 2.90. The summed E-state index contributed by atoms with van der Waals surface area (Å²) in [6.07, 6.45) is 7.26. The van der Waals surface area contributed by atoms with Gasteiger partial charge in [-0.2, -0.15) is 0 Å². The summed E-state index contributed by atoms with van der Waals surface area (Å²) in [7, 11) is 0. The molecule has 4 aromatic rings. The van der Waals surface area contributed by atoms with Gasteiger partial charge >= 0.3 is 0 Å². The van der Waals surface area contributed by atoms with Gasteiger partial charge in [0, 0.05) is 29.4 Å². The molecule has 3 nitrogen and oxygen atoms in total. The van der Waals surface area contributed by atoms with E-state index in [9.17, 15) is 4.39 Å². The highest BCUT2D eigenvalue weighted by Gasteiger charge is 2.05. The average molecular weight is 262 g/mol. The summed E-state index contributed by atoms with van der Waals surface area (Å²) in [4.78, 5) is 8.58. The molecular formula is C16H10FN3. The van der Waals surface area contributed by atoms with Crippen LogP contribution in [0.25, 0.3) is 27.5 Å². The number of benzene rings is 1. The molecule has 0 aliphatic rings. The van der Waals surface area contributed by atoms with Gasteiger partial charge in [0.05, 0.1) is 11.7 Å². The van der Waals surface area contributed by atoms with E-state index in [0.29, 0.717) is 0 Å². The Hall–Kier alpha value is -2.75. The van der Waals surface area contributed by atoms with E-state index in [0.717, 1.165) is 27.5 Å². The maximum atomic E-state index is 13.3. The van der Waals surface area contributed by atoms with Gasteiger partial charge in [-0.05, 0) is 41.8 Å². The molecule has 0 bridgehead atoms. The van der Waals surface area contributed by atoms with Gasteiger partial charge in [-0.25, -0.2) is 9.37 Å². The first kappa shape index (κ1) is 11.1. The van der Waals surface area contributed by atoms with Crippen molar-refractivity contribution in [2.75, 3.05) is 0 Å². The molecule has 0 aliphatic heterocycles. The van der Waals surface area contributed by atoms with Gasteiger partial charge in [-0.3, -0.25) is 9.55 Å². The lowest BCUT2D eigenvalue weighted by Gasteiger charge is -2.06. The molecule has 96 valence electrons. The summed E-state index contributed by atoms with van der Waals surface area (Å²) >= 11 is 0. The second-order valence-corrected chi connectivity index (χ2v) is 4.65. The minimum absolute atomic E-state index is 0.242. The van der Waals surface area contributed by atoms with Crippen LogP contribution in [0.2, 0.25) is 0 Å². The highest BCUT2D eigenvalue weighted by atomic mass is 18.2. The topological polar surface area (TPSA) is 30.7 Å². The van der Waals surface area contributed by atoms with E-state index in [1.807, 2.05) is 29.0 Å². The van der Waals surface area contributed by atoms with Crippen LogP contribution >= 0.6 is 0 Å². The van der Waals surface area contributed by atoms with Crippen molar-refractivity contribution >= 4 is 21.7 Å². The molecule has 4 rings (SSSR count). The van der Waals surface area contributed by atoms with Crippen LogP contribution in [0.15, 0.2) is 61.2 Å². The fourth-order valence-corrected chi connectivity index (χ4v) is 2.41. The van der Waals surface area contributed by atoms with Crippen molar-refractivity contribution in [1.29, 1.82) is 0 Å². The summed E-state index contributed by atoms with van der Waals surface area (Å²) in [6, 6.07) is 10.5. The second kappa shape index (κ2) is 4.13. The summed E-state index contributed by atoms with van der Waals surface area (Å²) < 4.78 is 15.3. The number of aromatic nitrogens is 3. The van der Waals surface area contributed by atoms with Crippen LogP contribution in [-0.2, 0) is 0 Å². The fraction of sp³-hybridized carbons (Fsp3) is 0. The molecule has 0 saturated heterocycles. The molecule has 0 amide bonds. The lowest BCUT2D eigenvalue weighted by molar-refractivity contribution is 0.629. The van der Waals surface area contributed by atoms with Crippen molar-refractivity contribution in [2.24, 2.45) is 0 Å². The van der Waals surface area contributed by atoms with E-state index in [1.54, 1.807) is 24.7 Å². The Labute approximate surface area is 114 Å². The zero-order chi connectivity index (χ0) is 13.5. The predicted molar refractivity (Wildman–Crippen MR) is 76.3 cm³/mol. The van der Waals surface area contributed by atoms with E-state index in [2.05, 4.69) is 9.97 Å². The Kier molecular flexibility index (Phi) is 2.29. The molecule has 0 atom stereocenters. The Morgan fingerprint density at radius 1 is 0.900 bits per heavy atom. The number of halogens is 1. The SMILES string of the molecule is [18F]c1ccc2cnc(-n3ccc4ccncc43)cc2c1. The van der Waals surface area contributed by atoms with Crippen LogP contribution in [0.3, 0.4) is 0 Å². The minimum atomic E-state index is -0.242. The first-order valence-electron chi connectivity index (χ1n) is 6.28. The first-order chi connectivity index (χ1) is 9.81. The van der Waals surface area contributed by atoms with E-state index < -0.39 is 0 Å². The van der Waals surface area contributed by atoms with E-state index in [-0.39, 0.29) is 5.82 Å². The fourth-order valence-electron chi connectivity index (χ4n) is 2.41. The maximum Gasteiger partial charge on any atom is 0.137 e. The Morgan fingerprint density at radius 2 is 1.85 bits per heavy atom. The van der Waals surface area contributed by atoms with Gasteiger partial charge in [-0.15, -0.1) is 0 Å². The van der Waals surface area contributed by atoms with Gasteiger partial charge < -0.3 is 0 Å². The Balaban J connectivity index is 1.97. The third-order valence-corrected chi connectivity index (χ3v) is 3.41.